The maximum atomic E-state index is 13.4. The van der Waals surface area contributed by atoms with Crippen molar-refractivity contribution in [1.29, 1.82) is 0 Å². The molecule has 0 spiro atoms. The van der Waals surface area contributed by atoms with Crippen molar-refractivity contribution in [1.82, 2.24) is 29.0 Å². The minimum Gasteiger partial charge on any atom is -0.342 e. The van der Waals surface area contributed by atoms with Crippen molar-refractivity contribution in [3.63, 3.8) is 0 Å². The number of para-hydroxylation sites is 2. The third-order valence-electron chi connectivity index (χ3n) is 7.51. The van der Waals surface area contributed by atoms with E-state index in [0.717, 1.165) is 49.8 Å². The number of hydrogen-bond donors (Lipinski definition) is 0. The Labute approximate surface area is 204 Å². The highest BCUT2D eigenvalue weighted by atomic mass is 32.2. The molecule has 3 aromatic rings. The van der Waals surface area contributed by atoms with Crippen LogP contribution >= 0.6 is 11.8 Å². The number of amides is 2. The van der Waals surface area contributed by atoms with Gasteiger partial charge in [-0.2, -0.15) is 0 Å². The summed E-state index contributed by atoms with van der Waals surface area (Å²) < 4.78 is 3.96. The average molecular weight is 483 g/mol. The van der Waals surface area contributed by atoms with Gasteiger partial charge < -0.3 is 9.80 Å². The van der Waals surface area contributed by atoms with Gasteiger partial charge in [-0.1, -0.05) is 30.8 Å². The lowest BCUT2D eigenvalue weighted by molar-refractivity contribution is -0.137. The summed E-state index contributed by atoms with van der Waals surface area (Å²) in [5.74, 6) is 1.96. The molecule has 2 aliphatic rings. The van der Waals surface area contributed by atoms with Crippen molar-refractivity contribution in [3.05, 3.63) is 24.3 Å². The summed E-state index contributed by atoms with van der Waals surface area (Å²) in [4.78, 5) is 30.2. The Bertz CT molecular complexity index is 1180. The third-order valence-corrected chi connectivity index (χ3v) is 8.42. The van der Waals surface area contributed by atoms with Crippen LogP contribution in [0.1, 0.15) is 52.9 Å². The summed E-state index contributed by atoms with van der Waals surface area (Å²) in [6.45, 7) is 8.44. The van der Waals surface area contributed by atoms with E-state index in [9.17, 15) is 9.59 Å². The fourth-order valence-corrected chi connectivity index (χ4v) is 6.33. The Hall–Kier alpha value is -2.55. The zero-order valence-corrected chi connectivity index (χ0v) is 21.1. The number of carbonyl (C=O) groups is 2. The highest BCUT2D eigenvalue weighted by molar-refractivity contribution is 7.99. The SMILES string of the molecule is CC1CCN(C(=O)CSc2nnc3n(CC(=O)N4[C@H](C)CCC[C@@H]4C)c4ccccc4n23)CC1. The maximum absolute atomic E-state index is 13.4. The van der Waals surface area contributed by atoms with E-state index in [-0.39, 0.29) is 30.4 Å². The monoisotopic (exact) mass is 482 g/mol. The van der Waals surface area contributed by atoms with Gasteiger partial charge in [0.05, 0.1) is 16.8 Å². The van der Waals surface area contributed by atoms with Crippen molar-refractivity contribution in [3.8, 4) is 0 Å². The summed E-state index contributed by atoms with van der Waals surface area (Å²) in [5, 5.41) is 9.55. The Balaban J connectivity index is 1.39. The molecule has 0 unspecified atom stereocenters. The summed E-state index contributed by atoms with van der Waals surface area (Å²) in [6, 6.07) is 8.52. The van der Waals surface area contributed by atoms with Crippen LogP contribution in [0.15, 0.2) is 29.4 Å². The zero-order valence-electron chi connectivity index (χ0n) is 20.3. The molecular weight excluding hydrogens is 448 g/mol. The van der Waals surface area contributed by atoms with E-state index in [1.807, 2.05) is 43.0 Å². The van der Waals surface area contributed by atoms with Crippen LogP contribution in [0.4, 0.5) is 0 Å². The first kappa shape index (κ1) is 23.2. The standard InChI is InChI=1S/C25H34N6O2S/c1-17-11-13-28(14-12-17)23(33)16-34-25-27-26-24-29(20-9-4-5-10-21(20)31(24)25)15-22(32)30-18(2)7-6-8-19(30)3/h4-5,9-10,17-19H,6-8,11-16H2,1-3H3/t18-,19+. The first-order valence-electron chi connectivity index (χ1n) is 12.5. The number of aromatic nitrogens is 4. The van der Waals surface area contributed by atoms with Gasteiger partial charge in [-0.15, -0.1) is 10.2 Å². The molecule has 0 aliphatic carbocycles. The number of benzene rings is 1. The average Bonchev–Trinajstić information content (AvgIpc) is 3.37. The van der Waals surface area contributed by atoms with Crippen LogP contribution in [0.2, 0.25) is 0 Å². The number of thioether (sulfide) groups is 1. The molecule has 1 aromatic carbocycles. The molecule has 8 nitrogen and oxygen atoms in total. The predicted octanol–water partition coefficient (Wildman–Crippen LogP) is 3.82. The number of hydrogen-bond acceptors (Lipinski definition) is 5. The van der Waals surface area contributed by atoms with Gasteiger partial charge in [0.25, 0.3) is 0 Å². The molecule has 0 bridgehead atoms. The molecular formula is C25H34N6O2S. The minimum atomic E-state index is 0.120. The van der Waals surface area contributed by atoms with Gasteiger partial charge in [0.15, 0.2) is 5.16 Å². The highest BCUT2D eigenvalue weighted by Gasteiger charge is 2.30. The summed E-state index contributed by atoms with van der Waals surface area (Å²) >= 11 is 1.42. The molecule has 182 valence electrons. The zero-order chi connectivity index (χ0) is 23.8. The summed E-state index contributed by atoms with van der Waals surface area (Å²) in [7, 11) is 0. The minimum absolute atomic E-state index is 0.120. The van der Waals surface area contributed by atoms with E-state index >= 15 is 0 Å². The van der Waals surface area contributed by atoms with E-state index in [4.69, 9.17) is 0 Å². The molecule has 2 aliphatic heterocycles. The van der Waals surface area contributed by atoms with Crippen molar-refractivity contribution in [2.45, 2.75) is 76.7 Å². The number of likely N-dealkylation sites (tertiary alicyclic amines) is 2. The second-order valence-electron chi connectivity index (χ2n) is 9.97. The van der Waals surface area contributed by atoms with Gasteiger partial charge in [0.2, 0.25) is 17.6 Å². The van der Waals surface area contributed by atoms with Crippen molar-refractivity contribution >= 4 is 40.4 Å². The van der Waals surface area contributed by atoms with Crippen LogP contribution in [0.3, 0.4) is 0 Å². The van der Waals surface area contributed by atoms with E-state index in [1.54, 1.807) is 0 Å². The molecule has 2 aromatic heterocycles. The topological polar surface area (TPSA) is 75.7 Å². The van der Waals surface area contributed by atoms with Crippen LogP contribution in [0.25, 0.3) is 16.8 Å². The van der Waals surface area contributed by atoms with E-state index in [2.05, 4.69) is 31.0 Å². The van der Waals surface area contributed by atoms with Crippen molar-refractivity contribution in [2.75, 3.05) is 18.8 Å². The Morgan fingerprint density at radius 1 is 0.941 bits per heavy atom. The van der Waals surface area contributed by atoms with Crippen LogP contribution in [-0.2, 0) is 16.1 Å². The second-order valence-corrected chi connectivity index (χ2v) is 10.9. The van der Waals surface area contributed by atoms with E-state index in [1.165, 1.54) is 18.2 Å². The molecule has 2 atom stereocenters. The van der Waals surface area contributed by atoms with Crippen LogP contribution in [-0.4, -0.2) is 71.7 Å². The highest BCUT2D eigenvalue weighted by Crippen LogP contribution is 2.28. The van der Waals surface area contributed by atoms with Gasteiger partial charge in [0.1, 0.15) is 6.54 Å². The van der Waals surface area contributed by atoms with Gasteiger partial charge in [-0.05, 0) is 64.0 Å². The molecule has 9 heteroatoms. The smallest absolute Gasteiger partial charge is 0.243 e. The lowest BCUT2D eigenvalue weighted by Gasteiger charge is -2.39. The normalized spacial score (nSPS) is 22.1. The van der Waals surface area contributed by atoms with E-state index in [0.29, 0.717) is 22.6 Å². The third kappa shape index (κ3) is 4.30. The quantitative estimate of drug-likeness (QED) is 0.517. The second kappa shape index (κ2) is 9.60. The molecule has 0 radical (unpaired) electrons. The van der Waals surface area contributed by atoms with Gasteiger partial charge in [-0.25, -0.2) is 0 Å². The first-order valence-corrected chi connectivity index (χ1v) is 13.5. The number of fused-ring (bicyclic) bond motifs is 3. The Morgan fingerprint density at radius 3 is 2.32 bits per heavy atom. The van der Waals surface area contributed by atoms with Gasteiger partial charge >= 0.3 is 0 Å². The Kier molecular flexibility index (Phi) is 6.55. The van der Waals surface area contributed by atoms with Crippen LogP contribution < -0.4 is 0 Å². The molecule has 2 amide bonds. The fraction of sp³-hybridized carbons (Fsp3) is 0.600. The molecule has 2 saturated heterocycles. The van der Waals surface area contributed by atoms with Crippen LogP contribution in [0.5, 0.6) is 0 Å². The van der Waals surface area contributed by atoms with Crippen LogP contribution in [0, 0.1) is 5.92 Å². The molecule has 34 heavy (non-hydrogen) atoms. The maximum Gasteiger partial charge on any atom is 0.243 e. The molecule has 0 N–H and O–H groups in total. The van der Waals surface area contributed by atoms with Gasteiger partial charge in [-0.3, -0.25) is 18.6 Å². The summed E-state index contributed by atoms with van der Waals surface area (Å²) in [5.41, 5.74) is 1.91. The van der Waals surface area contributed by atoms with Crippen molar-refractivity contribution < 1.29 is 9.59 Å². The number of rotatable bonds is 5. The number of nitrogens with zero attached hydrogens (tertiary/aromatic N) is 6. The first-order chi connectivity index (χ1) is 16.4. The number of carbonyl (C=O) groups excluding carboxylic acids is 2. The molecule has 4 heterocycles. The lowest BCUT2D eigenvalue weighted by Crippen LogP contribution is -2.48. The molecule has 2 fully saturated rings. The van der Waals surface area contributed by atoms with Gasteiger partial charge in [0, 0.05) is 25.2 Å². The largest absolute Gasteiger partial charge is 0.342 e. The number of piperidine rings is 2. The van der Waals surface area contributed by atoms with E-state index < -0.39 is 0 Å². The predicted molar refractivity (Wildman–Crippen MR) is 134 cm³/mol. The van der Waals surface area contributed by atoms with Crippen molar-refractivity contribution in [2.24, 2.45) is 5.92 Å². The fourth-order valence-electron chi connectivity index (χ4n) is 5.49. The summed E-state index contributed by atoms with van der Waals surface area (Å²) in [6.07, 6.45) is 5.41. The lowest BCUT2D eigenvalue weighted by atomic mass is 9.97. The Morgan fingerprint density at radius 2 is 1.62 bits per heavy atom. The molecule has 0 saturated carbocycles. The molecule has 5 rings (SSSR count). The number of imidazole rings is 1.